The summed E-state index contributed by atoms with van der Waals surface area (Å²) in [6.45, 7) is 8.19. The van der Waals surface area contributed by atoms with Crippen molar-refractivity contribution >= 4 is 10.9 Å². The van der Waals surface area contributed by atoms with Crippen molar-refractivity contribution < 1.29 is 0 Å². The number of hydrogen-bond donors (Lipinski definition) is 0. The second kappa shape index (κ2) is 6.09. The van der Waals surface area contributed by atoms with E-state index in [0.29, 0.717) is 6.42 Å². The third kappa shape index (κ3) is 3.31. The molecule has 1 heterocycles. The van der Waals surface area contributed by atoms with Crippen LogP contribution in [0.3, 0.4) is 0 Å². The number of aryl methyl sites for hydroxylation is 2. The molecule has 3 rings (SSSR count). The van der Waals surface area contributed by atoms with E-state index < -0.39 is 5.41 Å². The average Bonchev–Trinajstić information content (AvgIpc) is 2.53. The predicted molar refractivity (Wildman–Crippen MR) is 99.8 cm³/mol. The van der Waals surface area contributed by atoms with Gasteiger partial charge in [0.1, 0.15) is 0 Å². The molecule has 2 aromatic carbocycles. The van der Waals surface area contributed by atoms with E-state index in [-0.39, 0.29) is 0 Å². The third-order valence-corrected chi connectivity index (χ3v) is 4.25. The SMILES string of the molecule is Cc1cc(C)cc(-c2cc(CC(C)(C)C#N)c3ccccc3n2)c1. The molecule has 0 saturated carbocycles. The molecule has 0 fully saturated rings. The Morgan fingerprint density at radius 2 is 1.67 bits per heavy atom. The quantitative estimate of drug-likeness (QED) is 0.630. The molecule has 0 spiro atoms. The normalized spacial score (nSPS) is 11.5. The molecule has 120 valence electrons. The Hall–Kier alpha value is -2.66. The summed E-state index contributed by atoms with van der Waals surface area (Å²) >= 11 is 0. The molecule has 0 N–H and O–H groups in total. The Labute approximate surface area is 143 Å². The van der Waals surface area contributed by atoms with E-state index in [1.165, 1.54) is 16.7 Å². The van der Waals surface area contributed by atoms with Gasteiger partial charge in [0.2, 0.25) is 0 Å². The van der Waals surface area contributed by atoms with Crippen molar-refractivity contribution in [2.24, 2.45) is 5.41 Å². The van der Waals surface area contributed by atoms with Crippen LogP contribution in [0.25, 0.3) is 22.2 Å². The van der Waals surface area contributed by atoms with Gasteiger partial charge >= 0.3 is 0 Å². The zero-order valence-electron chi connectivity index (χ0n) is 14.7. The van der Waals surface area contributed by atoms with Crippen LogP contribution in [0.5, 0.6) is 0 Å². The number of hydrogen-bond acceptors (Lipinski definition) is 2. The molecular formula is C22H22N2. The van der Waals surface area contributed by atoms with Crippen molar-refractivity contribution in [3.8, 4) is 17.3 Å². The van der Waals surface area contributed by atoms with Gasteiger partial charge in [-0.25, -0.2) is 4.98 Å². The summed E-state index contributed by atoms with van der Waals surface area (Å²) in [5.41, 5.74) is 6.35. The molecule has 0 unspecified atom stereocenters. The molecule has 0 radical (unpaired) electrons. The van der Waals surface area contributed by atoms with Gasteiger partial charge in [-0.3, -0.25) is 0 Å². The lowest BCUT2D eigenvalue weighted by Crippen LogP contribution is -2.12. The number of nitrogens with zero attached hydrogens (tertiary/aromatic N) is 2. The summed E-state index contributed by atoms with van der Waals surface area (Å²) in [5, 5.41) is 10.6. The van der Waals surface area contributed by atoms with Crippen LogP contribution in [-0.4, -0.2) is 4.98 Å². The largest absolute Gasteiger partial charge is 0.248 e. The molecule has 0 atom stereocenters. The van der Waals surface area contributed by atoms with Crippen LogP contribution >= 0.6 is 0 Å². The van der Waals surface area contributed by atoms with Crippen LogP contribution in [0, 0.1) is 30.6 Å². The molecule has 0 aliphatic rings. The highest BCUT2D eigenvalue weighted by atomic mass is 14.7. The van der Waals surface area contributed by atoms with E-state index in [4.69, 9.17) is 4.98 Å². The van der Waals surface area contributed by atoms with Crippen LogP contribution in [0.15, 0.2) is 48.5 Å². The molecule has 0 aliphatic carbocycles. The standard InChI is InChI=1S/C22H22N2/c1-15-9-16(2)11-17(10-15)21-12-18(13-22(3,4)14-23)19-7-5-6-8-20(19)24-21/h5-12H,13H2,1-4H3. The molecule has 0 bridgehead atoms. The Bertz CT molecular complexity index is 926. The van der Waals surface area contributed by atoms with Gasteiger partial charge < -0.3 is 0 Å². The molecular weight excluding hydrogens is 292 g/mol. The van der Waals surface area contributed by atoms with E-state index in [1.54, 1.807) is 0 Å². The minimum Gasteiger partial charge on any atom is -0.248 e. The van der Waals surface area contributed by atoms with Crippen LogP contribution in [-0.2, 0) is 6.42 Å². The maximum Gasteiger partial charge on any atom is 0.0712 e. The molecule has 24 heavy (non-hydrogen) atoms. The summed E-state index contributed by atoms with van der Waals surface area (Å²) in [5.74, 6) is 0. The van der Waals surface area contributed by atoms with Gasteiger partial charge in [0.05, 0.1) is 22.7 Å². The first-order valence-corrected chi connectivity index (χ1v) is 8.26. The van der Waals surface area contributed by atoms with Gasteiger partial charge in [-0.1, -0.05) is 35.4 Å². The number of rotatable bonds is 3. The summed E-state index contributed by atoms with van der Waals surface area (Å²) in [4.78, 5) is 4.86. The van der Waals surface area contributed by atoms with Crippen molar-refractivity contribution in [1.29, 1.82) is 5.26 Å². The Balaban J connectivity index is 2.22. The molecule has 1 aromatic heterocycles. The predicted octanol–water partition coefficient (Wildman–Crippen LogP) is 5.61. The second-order valence-electron chi connectivity index (χ2n) is 7.23. The molecule has 2 heteroatoms. The van der Waals surface area contributed by atoms with Crippen LogP contribution in [0.4, 0.5) is 0 Å². The van der Waals surface area contributed by atoms with Crippen LogP contribution in [0.1, 0.15) is 30.5 Å². The van der Waals surface area contributed by atoms with Crippen molar-refractivity contribution in [2.75, 3.05) is 0 Å². The van der Waals surface area contributed by atoms with E-state index in [0.717, 1.165) is 22.2 Å². The van der Waals surface area contributed by atoms with Crippen molar-refractivity contribution in [3.63, 3.8) is 0 Å². The number of nitriles is 1. The Kier molecular flexibility index (Phi) is 4.11. The first-order valence-electron chi connectivity index (χ1n) is 8.26. The number of para-hydroxylation sites is 1. The zero-order valence-corrected chi connectivity index (χ0v) is 14.7. The number of benzene rings is 2. The fourth-order valence-corrected chi connectivity index (χ4v) is 3.18. The summed E-state index contributed by atoms with van der Waals surface area (Å²) in [6, 6.07) is 19.3. The van der Waals surface area contributed by atoms with E-state index in [9.17, 15) is 5.26 Å². The molecule has 0 aliphatic heterocycles. The lowest BCUT2D eigenvalue weighted by atomic mass is 9.85. The van der Waals surface area contributed by atoms with Gasteiger partial charge in [-0.05, 0) is 63.9 Å². The zero-order chi connectivity index (χ0) is 17.3. The van der Waals surface area contributed by atoms with E-state index in [2.05, 4.69) is 50.2 Å². The minimum absolute atomic E-state index is 0.399. The monoisotopic (exact) mass is 314 g/mol. The maximum absolute atomic E-state index is 9.42. The highest BCUT2D eigenvalue weighted by molar-refractivity contribution is 5.85. The lowest BCUT2D eigenvalue weighted by Gasteiger charge is -2.18. The lowest BCUT2D eigenvalue weighted by molar-refractivity contribution is 0.495. The highest BCUT2D eigenvalue weighted by Gasteiger charge is 2.20. The number of aromatic nitrogens is 1. The third-order valence-electron chi connectivity index (χ3n) is 4.25. The maximum atomic E-state index is 9.42. The van der Waals surface area contributed by atoms with Crippen molar-refractivity contribution in [3.05, 3.63) is 65.2 Å². The van der Waals surface area contributed by atoms with Crippen molar-refractivity contribution in [1.82, 2.24) is 4.98 Å². The fourth-order valence-electron chi connectivity index (χ4n) is 3.18. The van der Waals surface area contributed by atoms with E-state index >= 15 is 0 Å². The van der Waals surface area contributed by atoms with Gasteiger partial charge in [-0.2, -0.15) is 5.26 Å². The van der Waals surface area contributed by atoms with E-state index in [1.807, 2.05) is 32.0 Å². The minimum atomic E-state index is -0.399. The van der Waals surface area contributed by atoms with Gasteiger partial charge in [-0.15, -0.1) is 0 Å². The van der Waals surface area contributed by atoms with Crippen molar-refractivity contribution in [2.45, 2.75) is 34.1 Å². The molecule has 3 aromatic rings. The first-order chi connectivity index (χ1) is 11.4. The van der Waals surface area contributed by atoms with Gasteiger partial charge in [0.25, 0.3) is 0 Å². The Morgan fingerprint density at radius 1 is 1.00 bits per heavy atom. The number of fused-ring (bicyclic) bond motifs is 1. The average molecular weight is 314 g/mol. The highest BCUT2D eigenvalue weighted by Crippen LogP contribution is 2.30. The topological polar surface area (TPSA) is 36.7 Å². The number of pyridine rings is 1. The Morgan fingerprint density at radius 3 is 2.33 bits per heavy atom. The van der Waals surface area contributed by atoms with Gasteiger partial charge in [0.15, 0.2) is 0 Å². The second-order valence-corrected chi connectivity index (χ2v) is 7.23. The summed E-state index contributed by atoms with van der Waals surface area (Å²) in [6.07, 6.45) is 0.713. The van der Waals surface area contributed by atoms with Gasteiger partial charge in [0, 0.05) is 10.9 Å². The molecule has 2 nitrogen and oxygen atoms in total. The molecule has 0 amide bonds. The summed E-state index contributed by atoms with van der Waals surface area (Å²) < 4.78 is 0. The fraction of sp³-hybridized carbons (Fsp3) is 0.273. The first kappa shape index (κ1) is 16.2. The van der Waals surface area contributed by atoms with Crippen LogP contribution < -0.4 is 0 Å². The van der Waals surface area contributed by atoms with Crippen LogP contribution in [0.2, 0.25) is 0 Å². The molecule has 0 saturated heterocycles. The summed E-state index contributed by atoms with van der Waals surface area (Å²) in [7, 11) is 0. The smallest absolute Gasteiger partial charge is 0.0712 e.